The maximum Gasteiger partial charge on any atom is 0.324 e. The quantitative estimate of drug-likeness (QED) is 0.712. The van der Waals surface area contributed by atoms with Gasteiger partial charge in [0.1, 0.15) is 5.54 Å². The second kappa shape index (κ2) is 4.75. The number of aliphatic carboxylic acids is 1. The summed E-state index contributed by atoms with van der Waals surface area (Å²) in [5.74, 6) is -0.749. The number of hydrogen-bond acceptors (Lipinski definition) is 3. The van der Waals surface area contributed by atoms with Crippen molar-refractivity contribution in [2.45, 2.75) is 44.8 Å². The van der Waals surface area contributed by atoms with E-state index < -0.39 is 11.5 Å². The number of carboxylic acids is 1. The van der Waals surface area contributed by atoms with Gasteiger partial charge in [-0.15, -0.1) is 0 Å². The van der Waals surface area contributed by atoms with Crippen molar-refractivity contribution in [2.24, 2.45) is 0 Å². The van der Waals surface area contributed by atoms with Crippen LogP contribution in [0.5, 0.6) is 0 Å². The number of likely N-dealkylation sites (N-methyl/N-ethyl adjacent to an activating group) is 1. The third-order valence-corrected chi connectivity index (χ3v) is 2.84. The van der Waals surface area contributed by atoms with E-state index in [9.17, 15) is 9.90 Å². The van der Waals surface area contributed by atoms with Crippen molar-refractivity contribution in [2.75, 3.05) is 13.2 Å². The number of carbonyl (C=O) groups is 1. The molecule has 1 rings (SSSR count). The van der Waals surface area contributed by atoms with Gasteiger partial charge in [0.25, 0.3) is 0 Å². The van der Waals surface area contributed by atoms with Crippen LogP contribution < -0.4 is 5.32 Å². The lowest BCUT2D eigenvalue weighted by molar-refractivity contribution is -0.152. The van der Waals surface area contributed by atoms with Gasteiger partial charge in [0, 0.05) is 13.0 Å². The van der Waals surface area contributed by atoms with Gasteiger partial charge < -0.3 is 15.2 Å². The standard InChI is InChI=1S/C10H19NO3/c1-3-8-7-10(9(12)13,11-4-2)5-6-14-8/h8,11H,3-7H2,1-2H3,(H,12,13). The molecular weight excluding hydrogens is 182 g/mol. The Balaban J connectivity index is 2.70. The molecule has 0 saturated carbocycles. The third kappa shape index (κ3) is 2.25. The van der Waals surface area contributed by atoms with Crippen LogP contribution in [-0.4, -0.2) is 35.9 Å². The fraction of sp³-hybridized carbons (Fsp3) is 0.900. The maximum atomic E-state index is 11.2. The highest BCUT2D eigenvalue weighted by Gasteiger charge is 2.42. The fourth-order valence-electron chi connectivity index (χ4n) is 1.98. The van der Waals surface area contributed by atoms with Crippen molar-refractivity contribution in [1.82, 2.24) is 5.32 Å². The van der Waals surface area contributed by atoms with Crippen LogP contribution in [0.1, 0.15) is 33.1 Å². The number of carboxylic acid groups (broad SMARTS) is 1. The molecule has 2 N–H and O–H groups in total. The zero-order valence-electron chi connectivity index (χ0n) is 8.88. The molecule has 4 heteroatoms. The van der Waals surface area contributed by atoms with Crippen LogP contribution in [0.2, 0.25) is 0 Å². The average molecular weight is 201 g/mol. The first-order valence-electron chi connectivity index (χ1n) is 5.24. The molecule has 0 bridgehead atoms. The highest BCUT2D eigenvalue weighted by Crippen LogP contribution is 2.26. The summed E-state index contributed by atoms with van der Waals surface area (Å²) in [7, 11) is 0. The van der Waals surface area contributed by atoms with Crippen molar-refractivity contribution in [3.05, 3.63) is 0 Å². The summed E-state index contributed by atoms with van der Waals surface area (Å²) < 4.78 is 5.48. The van der Waals surface area contributed by atoms with Crippen LogP contribution in [0.25, 0.3) is 0 Å². The van der Waals surface area contributed by atoms with Gasteiger partial charge in [-0.1, -0.05) is 13.8 Å². The van der Waals surface area contributed by atoms with E-state index in [0.717, 1.165) is 6.42 Å². The summed E-state index contributed by atoms with van der Waals surface area (Å²) >= 11 is 0. The van der Waals surface area contributed by atoms with Gasteiger partial charge in [-0.2, -0.15) is 0 Å². The minimum Gasteiger partial charge on any atom is -0.480 e. The molecular formula is C10H19NO3. The van der Waals surface area contributed by atoms with Crippen molar-refractivity contribution in [3.63, 3.8) is 0 Å². The van der Waals surface area contributed by atoms with Crippen LogP contribution in [0.15, 0.2) is 0 Å². The molecule has 0 spiro atoms. The Morgan fingerprint density at radius 1 is 1.64 bits per heavy atom. The minimum absolute atomic E-state index is 0.0823. The molecule has 0 radical (unpaired) electrons. The number of ether oxygens (including phenoxy) is 1. The Kier molecular flexibility index (Phi) is 3.89. The first kappa shape index (κ1) is 11.5. The lowest BCUT2D eigenvalue weighted by atomic mass is 9.86. The van der Waals surface area contributed by atoms with Crippen LogP contribution >= 0.6 is 0 Å². The molecule has 4 nitrogen and oxygen atoms in total. The second-order valence-corrected chi connectivity index (χ2v) is 3.77. The summed E-state index contributed by atoms with van der Waals surface area (Å²) in [5.41, 5.74) is -0.756. The third-order valence-electron chi connectivity index (χ3n) is 2.84. The van der Waals surface area contributed by atoms with Crippen LogP contribution in [0, 0.1) is 0 Å². The summed E-state index contributed by atoms with van der Waals surface area (Å²) in [6, 6.07) is 0. The van der Waals surface area contributed by atoms with E-state index in [2.05, 4.69) is 5.32 Å². The Labute approximate surface area is 84.6 Å². The topological polar surface area (TPSA) is 58.6 Å². The monoisotopic (exact) mass is 201 g/mol. The lowest BCUT2D eigenvalue weighted by Gasteiger charge is -2.37. The molecule has 2 unspecified atom stereocenters. The predicted molar refractivity (Wildman–Crippen MR) is 53.3 cm³/mol. The molecule has 0 aliphatic carbocycles. The molecule has 1 saturated heterocycles. The van der Waals surface area contributed by atoms with Crippen LogP contribution in [-0.2, 0) is 9.53 Å². The molecule has 0 aromatic rings. The highest BCUT2D eigenvalue weighted by atomic mass is 16.5. The molecule has 14 heavy (non-hydrogen) atoms. The molecule has 1 heterocycles. The van der Waals surface area contributed by atoms with Gasteiger partial charge in [0.05, 0.1) is 6.10 Å². The van der Waals surface area contributed by atoms with E-state index in [1.54, 1.807) is 0 Å². The van der Waals surface area contributed by atoms with Crippen LogP contribution in [0.3, 0.4) is 0 Å². The first-order chi connectivity index (χ1) is 6.64. The molecule has 1 aliphatic rings. The Morgan fingerprint density at radius 2 is 2.36 bits per heavy atom. The van der Waals surface area contributed by atoms with Crippen LogP contribution in [0.4, 0.5) is 0 Å². The molecule has 0 amide bonds. The second-order valence-electron chi connectivity index (χ2n) is 3.77. The van der Waals surface area contributed by atoms with Gasteiger partial charge in [-0.25, -0.2) is 0 Å². The molecule has 1 aliphatic heterocycles. The minimum atomic E-state index is -0.756. The summed E-state index contributed by atoms with van der Waals surface area (Å²) in [4.78, 5) is 11.2. The SMILES string of the molecule is CCNC1(C(=O)O)CCOC(CC)C1. The highest BCUT2D eigenvalue weighted by molar-refractivity contribution is 5.79. The molecule has 2 atom stereocenters. The maximum absolute atomic E-state index is 11.2. The largest absolute Gasteiger partial charge is 0.480 e. The fourth-order valence-corrected chi connectivity index (χ4v) is 1.98. The van der Waals surface area contributed by atoms with Gasteiger partial charge in [-0.05, 0) is 19.4 Å². The first-order valence-corrected chi connectivity index (χ1v) is 5.24. The van der Waals surface area contributed by atoms with E-state index >= 15 is 0 Å². The van der Waals surface area contributed by atoms with Crippen molar-refractivity contribution >= 4 is 5.97 Å². The van der Waals surface area contributed by atoms with Crippen molar-refractivity contribution in [1.29, 1.82) is 0 Å². The summed E-state index contributed by atoms with van der Waals surface area (Å²) in [6.07, 6.45) is 2.10. The molecule has 0 aromatic heterocycles. The molecule has 0 aromatic carbocycles. The zero-order chi connectivity index (χ0) is 10.6. The Morgan fingerprint density at radius 3 is 2.86 bits per heavy atom. The van der Waals surface area contributed by atoms with E-state index in [1.165, 1.54) is 0 Å². The Bertz CT molecular complexity index is 204. The normalized spacial score (nSPS) is 32.9. The summed E-state index contributed by atoms with van der Waals surface area (Å²) in [5, 5.41) is 12.3. The zero-order valence-corrected chi connectivity index (χ0v) is 8.88. The number of hydrogen-bond donors (Lipinski definition) is 2. The van der Waals surface area contributed by atoms with Crippen molar-refractivity contribution in [3.8, 4) is 0 Å². The lowest BCUT2D eigenvalue weighted by Crippen LogP contribution is -2.57. The summed E-state index contributed by atoms with van der Waals surface area (Å²) in [6.45, 7) is 5.18. The van der Waals surface area contributed by atoms with Gasteiger partial charge in [0.2, 0.25) is 0 Å². The van der Waals surface area contributed by atoms with E-state index in [1.807, 2.05) is 13.8 Å². The Hall–Kier alpha value is -0.610. The smallest absolute Gasteiger partial charge is 0.324 e. The van der Waals surface area contributed by atoms with Gasteiger partial charge >= 0.3 is 5.97 Å². The molecule has 1 fully saturated rings. The average Bonchev–Trinajstić information content (AvgIpc) is 2.18. The van der Waals surface area contributed by atoms with E-state index in [0.29, 0.717) is 26.0 Å². The predicted octanol–water partition coefficient (Wildman–Crippen LogP) is 1.01. The van der Waals surface area contributed by atoms with Gasteiger partial charge in [-0.3, -0.25) is 4.79 Å². The number of nitrogens with one attached hydrogen (secondary N) is 1. The molecule has 82 valence electrons. The number of rotatable bonds is 4. The van der Waals surface area contributed by atoms with E-state index in [4.69, 9.17) is 4.74 Å². The van der Waals surface area contributed by atoms with Gasteiger partial charge in [0.15, 0.2) is 0 Å². The van der Waals surface area contributed by atoms with E-state index in [-0.39, 0.29) is 6.10 Å². The van der Waals surface area contributed by atoms with Crippen molar-refractivity contribution < 1.29 is 14.6 Å².